The standard InChI is InChI=1S/C13H14ClN3O4S/c1-2-12(18)16-7-22-6-11(16)13(19)15-8-3-4-9(14)10(5-8)17(20)21/h3-5,11H,2,6-7H2,1H3,(H,15,19). The van der Waals surface area contributed by atoms with Gasteiger partial charge in [0.05, 0.1) is 10.8 Å². The van der Waals surface area contributed by atoms with Crippen molar-refractivity contribution < 1.29 is 14.5 Å². The summed E-state index contributed by atoms with van der Waals surface area (Å²) in [4.78, 5) is 35.8. The van der Waals surface area contributed by atoms with Crippen LogP contribution in [-0.2, 0) is 9.59 Å². The van der Waals surface area contributed by atoms with E-state index in [4.69, 9.17) is 11.6 Å². The van der Waals surface area contributed by atoms with Crippen molar-refractivity contribution in [2.75, 3.05) is 16.9 Å². The number of nitro benzene ring substituents is 1. The number of rotatable bonds is 4. The molecular weight excluding hydrogens is 330 g/mol. The number of nitro groups is 1. The molecule has 0 spiro atoms. The molecule has 1 aromatic rings. The number of carbonyl (C=O) groups is 2. The third-order valence-electron chi connectivity index (χ3n) is 3.22. The Hall–Kier alpha value is -1.80. The fourth-order valence-electron chi connectivity index (χ4n) is 2.06. The molecule has 0 aromatic heterocycles. The first-order valence-corrected chi connectivity index (χ1v) is 8.09. The average molecular weight is 344 g/mol. The second-order valence-corrected chi connectivity index (χ2v) is 6.05. The zero-order valence-electron chi connectivity index (χ0n) is 11.7. The van der Waals surface area contributed by atoms with Crippen LogP contribution in [-0.4, -0.2) is 39.3 Å². The summed E-state index contributed by atoms with van der Waals surface area (Å²) in [6, 6.07) is 3.48. The van der Waals surface area contributed by atoms with Gasteiger partial charge in [-0.2, -0.15) is 0 Å². The molecule has 2 amide bonds. The highest BCUT2D eigenvalue weighted by molar-refractivity contribution is 7.99. The number of anilines is 1. The number of hydrogen-bond acceptors (Lipinski definition) is 5. The molecule has 1 aromatic carbocycles. The molecule has 0 bridgehead atoms. The largest absolute Gasteiger partial charge is 0.324 e. The lowest BCUT2D eigenvalue weighted by Crippen LogP contribution is -2.44. The fraction of sp³-hybridized carbons (Fsp3) is 0.385. The first kappa shape index (κ1) is 16.6. The van der Waals surface area contributed by atoms with E-state index in [-0.39, 0.29) is 28.2 Å². The zero-order valence-corrected chi connectivity index (χ0v) is 13.3. The Balaban J connectivity index is 2.13. The van der Waals surface area contributed by atoms with E-state index in [1.54, 1.807) is 6.92 Å². The van der Waals surface area contributed by atoms with E-state index in [0.717, 1.165) is 0 Å². The van der Waals surface area contributed by atoms with Crippen molar-refractivity contribution in [2.24, 2.45) is 0 Å². The van der Waals surface area contributed by atoms with Gasteiger partial charge in [0.2, 0.25) is 11.8 Å². The van der Waals surface area contributed by atoms with Gasteiger partial charge in [0, 0.05) is 23.9 Å². The van der Waals surface area contributed by atoms with Gasteiger partial charge in [0.1, 0.15) is 11.1 Å². The van der Waals surface area contributed by atoms with Crippen LogP contribution in [0.4, 0.5) is 11.4 Å². The topological polar surface area (TPSA) is 92.6 Å². The highest BCUT2D eigenvalue weighted by atomic mass is 35.5. The van der Waals surface area contributed by atoms with Crippen molar-refractivity contribution in [2.45, 2.75) is 19.4 Å². The van der Waals surface area contributed by atoms with Crippen molar-refractivity contribution >= 4 is 46.6 Å². The summed E-state index contributed by atoms with van der Waals surface area (Å²) in [5.41, 5.74) is 0.00338. The molecule has 1 aliphatic heterocycles. The number of thioether (sulfide) groups is 1. The van der Waals surface area contributed by atoms with Crippen LogP contribution in [0, 0.1) is 10.1 Å². The van der Waals surface area contributed by atoms with E-state index in [1.807, 2.05) is 0 Å². The number of benzene rings is 1. The van der Waals surface area contributed by atoms with Crippen LogP contribution in [0.5, 0.6) is 0 Å². The highest BCUT2D eigenvalue weighted by Gasteiger charge is 2.34. The molecule has 1 saturated heterocycles. The third kappa shape index (κ3) is 3.50. The molecule has 2 rings (SSSR count). The van der Waals surface area contributed by atoms with E-state index >= 15 is 0 Å². The Morgan fingerprint density at radius 2 is 2.27 bits per heavy atom. The number of nitrogens with one attached hydrogen (secondary N) is 1. The van der Waals surface area contributed by atoms with E-state index in [0.29, 0.717) is 18.1 Å². The second kappa shape index (κ2) is 6.97. The molecule has 0 aliphatic carbocycles. The van der Waals surface area contributed by atoms with Gasteiger partial charge in [-0.15, -0.1) is 11.8 Å². The number of amides is 2. The third-order valence-corrected chi connectivity index (χ3v) is 4.55. The lowest BCUT2D eigenvalue weighted by molar-refractivity contribution is -0.384. The van der Waals surface area contributed by atoms with Gasteiger partial charge in [-0.1, -0.05) is 18.5 Å². The average Bonchev–Trinajstić information content (AvgIpc) is 2.97. The van der Waals surface area contributed by atoms with E-state index < -0.39 is 11.0 Å². The summed E-state index contributed by atoms with van der Waals surface area (Å²) in [7, 11) is 0. The molecule has 118 valence electrons. The van der Waals surface area contributed by atoms with Crippen LogP contribution in [0.1, 0.15) is 13.3 Å². The predicted molar refractivity (Wildman–Crippen MR) is 85.0 cm³/mol. The van der Waals surface area contributed by atoms with Gasteiger partial charge in [0.25, 0.3) is 5.69 Å². The van der Waals surface area contributed by atoms with Gasteiger partial charge in [-0.05, 0) is 12.1 Å². The van der Waals surface area contributed by atoms with E-state index in [9.17, 15) is 19.7 Å². The maximum absolute atomic E-state index is 12.3. The van der Waals surface area contributed by atoms with Gasteiger partial charge in [-0.3, -0.25) is 19.7 Å². The van der Waals surface area contributed by atoms with Crippen molar-refractivity contribution in [3.63, 3.8) is 0 Å². The minimum atomic E-state index is -0.615. The molecule has 0 radical (unpaired) electrons. The summed E-state index contributed by atoms with van der Waals surface area (Å²) < 4.78 is 0. The molecule has 1 N–H and O–H groups in total. The molecular formula is C13H14ClN3O4S. The smallest absolute Gasteiger partial charge is 0.289 e. The number of nitrogens with zero attached hydrogens (tertiary/aromatic N) is 2. The summed E-state index contributed by atoms with van der Waals surface area (Å²) in [6.07, 6.45) is 0.330. The van der Waals surface area contributed by atoms with Crippen LogP contribution < -0.4 is 5.32 Å². The van der Waals surface area contributed by atoms with Crippen LogP contribution in [0.2, 0.25) is 5.02 Å². The number of hydrogen-bond donors (Lipinski definition) is 1. The Morgan fingerprint density at radius 3 is 2.91 bits per heavy atom. The summed E-state index contributed by atoms with van der Waals surface area (Å²) in [6.45, 7) is 1.74. The monoisotopic (exact) mass is 343 g/mol. The zero-order chi connectivity index (χ0) is 16.3. The second-order valence-electron chi connectivity index (χ2n) is 4.65. The van der Waals surface area contributed by atoms with Gasteiger partial charge < -0.3 is 10.2 Å². The molecule has 7 nitrogen and oxygen atoms in total. The van der Waals surface area contributed by atoms with Gasteiger partial charge >= 0.3 is 0 Å². The SMILES string of the molecule is CCC(=O)N1CSCC1C(=O)Nc1ccc(Cl)c([N+](=O)[O-])c1. The van der Waals surface area contributed by atoms with Crippen LogP contribution in [0.15, 0.2) is 18.2 Å². The van der Waals surface area contributed by atoms with E-state index in [2.05, 4.69) is 5.32 Å². The minimum Gasteiger partial charge on any atom is -0.324 e. The quantitative estimate of drug-likeness (QED) is 0.669. The maximum atomic E-state index is 12.3. The van der Waals surface area contributed by atoms with Crippen molar-refractivity contribution in [1.29, 1.82) is 0 Å². The van der Waals surface area contributed by atoms with E-state index in [1.165, 1.54) is 34.9 Å². The maximum Gasteiger partial charge on any atom is 0.289 e. The number of carbonyl (C=O) groups excluding carboxylic acids is 2. The van der Waals surface area contributed by atoms with Gasteiger partial charge in [0.15, 0.2) is 0 Å². The Labute approximate surface area is 136 Å². The Bertz CT molecular complexity index is 625. The molecule has 1 fully saturated rings. The van der Waals surface area contributed by atoms with Crippen molar-refractivity contribution in [1.82, 2.24) is 4.90 Å². The first-order valence-electron chi connectivity index (χ1n) is 6.56. The predicted octanol–water partition coefficient (Wildman–Crippen LogP) is 2.50. The van der Waals surface area contributed by atoms with Crippen LogP contribution in [0.3, 0.4) is 0 Å². The van der Waals surface area contributed by atoms with Crippen LogP contribution in [0.25, 0.3) is 0 Å². The molecule has 1 aliphatic rings. The fourth-order valence-corrected chi connectivity index (χ4v) is 3.43. The molecule has 1 heterocycles. The minimum absolute atomic E-state index is 0.00204. The molecule has 1 unspecified atom stereocenters. The molecule has 1 atom stereocenters. The van der Waals surface area contributed by atoms with Crippen molar-refractivity contribution in [3.05, 3.63) is 33.3 Å². The van der Waals surface area contributed by atoms with Gasteiger partial charge in [-0.25, -0.2) is 0 Å². The Kier molecular flexibility index (Phi) is 5.25. The summed E-state index contributed by atoms with van der Waals surface area (Å²) in [5.74, 6) is 0.536. The Morgan fingerprint density at radius 1 is 1.55 bits per heavy atom. The lowest BCUT2D eigenvalue weighted by Gasteiger charge is -2.22. The summed E-state index contributed by atoms with van der Waals surface area (Å²) >= 11 is 7.23. The number of halogens is 1. The lowest BCUT2D eigenvalue weighted by atomic mass is 10.2. The molecule has 22 heavy (non-hydrogen) atoms. The normalized spacial score (nSPS) is 17.4. The van der Waals surface area contributed by atoms with Crippen molar-refractivity contribution in [3.8, 4) is 0 Å². The van der Waals surface area contributed by atoms with Crippen LogP contribution >= 0.6 is 23.4 Å². The highest BCUT2D eigenvalue weighted by Crippen LogP contribution is 2.28. The molecule has 0 saturated carbocycles. The summed E-state index contributed by atoms with van der Waals surface area (Å²) in [5, 5.41) is 13.5. The first-order chi connectivity index (χ1) is 10.4. The molecule has 9 heteroatoms.